The van der Waals surface area contributed by atoms with Crippen molar-refractivity contribution in [3.05, 3.63) is 51.0 Å². The molecule has 1 aliphatic rings. The number of carboxylic acid groups (broad SMARTS) is 2. The summed E-state index contributed by atoms with van der Waals surface area (Å²) in [5.41, 5.74) is 0.568. The second-order valence-electron chi connectivity index (χ2n) is 5.81. The molecule has 1 aliphatic heterocycles. The van der Waals surface area contributed by atoms with Crippen LogP contribution >= 0.6 is 47.2 Å². The van der Waals surface area contributed by atoms with Gasteiger partial charge in [0.1, 0.15) is 21.9 Å². The van der Waals surface area contributed by atoms with E-state index in [-0.39, 0.29) is 9.23 Å². The van der Waals surface area contributed by atoms with Crippen LogP contribution < -0.4 is 0 Å². The number of aliphatic carboxylic acids is 2. The molecule has 2 heterocycles. The van der Waals surface area contributed by atoms with Crippen LogP contribution in [0.25, 0.3) is 17.4 Å². The van der Waals surface area contributed by atoms with Crippen molar-refractivity contribution in [2.75, 3.05) is 0 Å². The molecule has 0 bridgehead atoms. The molecule has 2 aromatic rings. The summed E-state index contributed by atoms with van der Waals surface area (Å²) in [7, 11) is 0. The van der Waals surface area contributed by atoms with Crippen molar-refractivity contribution in [1.29, 1.82) is 0 Å². The maximum Gasteiger partial charge on any atom is 0.327 e. The Bertz CT molecular complexity index is 1060. The average molecular weight is 472 g/mol. The number of amides is 1. The Morgan fingerprint density at radius 3 is 2.62 bits per heavy atom. The molecular formula is C18H11Cl2NO6S2. The standard InChI is InChI=1S/C18H11Cl2NO6S2/c19-10-3-1-2-9(15(10)20)12-5-4-8(27-12)6-13-16(24)21(18(28)29-13)11(17(25)26)7-14(22)23/h1-6,11H,7H2,(H,22,23)(H,25,26)/b13-6+. The van der Waals surface area contributed by atoms with Gasteiger partial charge < -0.3 is 14.6 Å². The number of thioether (sulfide) groups is 1. The van der Waals surface area contributed by atoms with E-state index in [4.69, 9.17) is 44.9 Å². The van der Waals surface area contributed by atoms with Gasteiger partial charge in [0.2, 0.25) is 0 Å². The smallest absolute Gasteiger partial charge is 0.327 e. The van der Waals surface area contributed by atoms with E-state index in [1.165, 1.54) is 6.08 Å². The molecule has 1 fully saturated rings. The van der Waals surface area contributed by atoms with E-state index >= 15 is 0 Å². The van der Waals surface area contributed by atoms with Gasteiger partial charge in [0.25, 0.3) is 5.91 Å². The largest absolute Gasteiger partial charge is 0.481 e. The van der Waals surface area contributed by atoms with Crippen molar-refractivity contribution in [3.8, 4) is 11.3 Å². The van der Waals surface area contributed by atoms with Crippen LogP contribution in [0, 0.1) is 0 Å². The SMILES string of the molecule is O=C(O)CC(C(=O)O)N1C(=O)/C(=C\c2ccc(-c3cccc(Cl)c3Cl)o2)SC1=S. The number of benzene rings is 1. The summed E-state index contributed by atoms with van der Waals surface area (Å²) in [4.78, 5) is 35.9. The van der Waals surface area contributed by atoms with Crippen LogP contribution in [-0.4, -0.2) is 43.3 Å². The Morgan fingerprint density at radius 2 is 1.97 bits per heavy atom. The first-order valence-electron chi connectivity index (χ1n) is 7.95. The number of halogens is 2. The number of carboxylic acids is 2. The van der Waals surface area contributed by atoms with E-state index in [0.717, 1.165) is 16.7 Å². The van der Waals surface area contributed by atoms with E-state index < -0.39 is 30.3 Å². The van der Waals surface area contributed by atoms with Crippen LogP contribution in [-0.2, 0) is 14.4 Å². The molecule has 0 spiro atoms. The summed E-state index contributed by atoms with van der Waals surface area (Å²) in [5.74, 6) is -2.78. The quantitative estimate of drug-likeness (QED) is 0.471. The molecule has 7 nitrogen and oxygen atoms in total. The van der Waals surface area contributed by atoms with Gasteiger partial charge in [-0.05, 0) is 24.3 Å². The van der Waals surface area contributed by atoms with Crippen molar-refractivity contribution < 1.29 is 29.0 Å². The lowest BCUT2D eigenvalue weighted by molar-refractivity contribution is -0.150. The van der Waals surface area contributed by atoms with Gasteiger partial charge in [-0.25, -0.2) is 4.79 Å². The molecule has 29 heavy (non-hydrogen) atoms. The highest BCUT2D eigenvalue weighted by Gasteiger charge is 2.41. The fraction of sp³-hybridized carbons (Fsp3) is 0.111. The normalized spacial score (nSPS) is 16.5. The highest BCUT2D eigenvalue weighted by atomic mass is 35.5. The molecule has 0 saturated carbocycles. The van der Waals surface area contributed by atoms with Crippen LogP contribution in [0.4, 0.5) is 0 Å². The predicted molar refractivity (Wildman–Crippen MR) is 113 cm³/mol. The van der Waals surface area contributed by atoms with Gasteiger partial charge in [-0.15, -0.1) is 0 Å². The number of hydrogen-bond acceptors (Lipinski definition) is 6. The maximum atomic E-state index is 12.6. The Kier molecular flexibility index (Phi) is 6.33. The Morgan fingerprint density at radius 1 is 1.24 bits per heavy atom. The summed E-state index contributed by atoms with van der Waals surface area (Å²) in [6, 6.07) is 6.73. The Labute approximate surface area is 183 Å². The summed E-state index contributed by atoms with van der Waals surface area (Å²) in [6.07, 6.45) is 0.633. The maximum absolute atomic E-state index is 12.6. The van der Waals surface area contributed by atoms with Gasteiger partial charge in [-0.2, -0.15) is 0 Å². The molecule has 1 aromatic heterocycles. The number of thiocarbonyl (C=S) groups is 1. The first-order valence-corrected chi connectivity index (χ1v) is 9.93. The number of carbonyl (C=O) groups excluding carboxylic acids is 1. The summed E-state index contributed by atoms with van der Waals surface area (Å²) in [5, 5.41) is 18.9. The van der Waals surface area contributed by atoms with Crippen molar-refractivity contribution in [2.45, 2.75) is 12.5 Å². The minimum atomic E-state index is -1.59. The molecule has 1 aromatic carbocycles. The van der Waals surface area contributed by atoms with Gasteiger partial charge in [0, 0.05) is 11.6 Å². The third kappa shape index (κ3) is 4.48. The highest BCUT2D eigenvalue weighted by Crippen LogP contribution is 2.37. The lowest BCUT2D eigenvalue weighted by Gasteiger charge is -2.21. The third-order valence-corrected chi connectivity index (χ3v) is 6.05. The number of carbonyl (C=O) groups is 3. The van der Waals surface area contributed by atoms with Gasteiger partial charge in [-0.1, -0.05) is 53.2 Å². The van der Waals surface area contributed by atoms with Crippen LogP contribution in [0.2, 0.25) is 10.0 Å². The predicted octanol–water partition coefficient (Wildman–Crippen LogP) is 4.38. The molecule has 1 saturated heterocycles. The minimum Gasteiger partial charge on any atom is -0.481 e. The van der Waals surface area contributed by atoms with Crippen molar-refractivity contribution in [1.82, 2.24) is 4.90 Å². The first-order chi connectivity index (χ1) is 13.7. The van der Waals surface area contributed by atoms with Gasteiger partial charge in [-0.3, -0.25) is 14.5 Å². The molecule has 1 amide bonds. The lowest BCUT2D eigenvalue weighted by atomic mass is 10.2. The third-order valence-electron chi connectivity index (χ3n) is 3.91. The van der Waals surface area contributed by atoms with Gasteiger partial charge in [0.15, 0.2) is 0 Å². The monoisotopic (exact) mass is 471 g/mol. The molecule has 1 atom stereocenters. The Hall–Kier alpha value is -2.33. The van der Waals surface area contributed by atoms with Crippen LogP contribution in [0.3, 0.4) is 0 Å². The van der Waals surface area contributed by atoms with E-state index in [1.54, 1.807) is 30.3 Å². The summed E-state index contributed by atoms with van der Waals surface area (Å²) in [6.45, 7) is 0. The zero-order chi connectivity index (χ0) is 21.3. The zero-order valence-corrected chi connectivity index (χ0v) is 17.4. The average Bonchev–Trinajstić information content (AvgIpc) is 3.20. The summed E-state index contributed by atoms with van der Waals surface area (Å²) < 4.78 is 5.66. The molecule has 11 heteroatoms. The number of nitrogens with zero attached hydrogens (tertiary/aromatic N) is 1. The topological polar surface area (TPSA) is 108 Å². The number of rotatable bonds is 6. The minimum absolute atomic E-state index is 0.0421. The second kappa shape index (κ2) is 8.58. The van der Waals surface area contributed by atoms with Crippen LogP contribution in [0.1, 0.15) is 12.2 Å². The molecule has 0 aliphatic carbocycles. The van der Waals surface area contributed by atoms with E-state index in [1.807, 2.05) is 0 Å². The molecule has 1 unspecified atom stereocenters. The van der Waals surface area contributed by atoms with Crippen molar-refractivity contribution >= 4 is 75.4 Å². The van der Waals surface area contributed by atoms with E-state index in [9.17, 15) is 19.5 Å². The Balaban J connectivity index is 1.88. The molecule has 2 N–H and O–H groups in total. The van der Waals surface area contributed by atoms with Crippen LogP contribution in [0.5, 0.6) is 0 Å². The lowest BCUT2D eigenvalue weighted by Crippen LogP contribution is -2.45. The van der Waals surface area contributed by atoms with Gasteiger partial charge >= 0.3 is 11.9 Å². The fourth-order valence-electron chi connectivity index (χ4n) is 2.60. The second-order valence-corrected chi connectivity index (χ2v) is 8.27. The van der Waals surface area contributed by atoms with Crippen molar-refractivity contribution in [3.63, 3.8) is 0 Å². The summed E-state index contributed by atoms with van der Waals surface area (Å²) >= 11 is 18.1. The molecular weight excluding hydrogens is 461 g/mol. The first kappa shape index (κ1) is 21.4. The zero-order valence-electron chi connectivity index (χ0n) is 14.3. The number of hydrogen-bond donors (Lipinski definition) is 2. The van der Waals surface area contributed by atoms with E-state index in [2.05, 4.69) is 0 Å². The molecule has 3 rings (SSSR count). The van der Waals surface area contributed by atoms with Crippen molar-refractivity contribution in [2.24, 2.45) is 0 Å². The molecule has 0 radical (unpaired) electrons. The van der Waals surface area contributed by atoms with E-state index in [0.29, 0.717) is 27.1 Å². The van der Waals surface area contributed by atoms with Gasteiger partial charge in [0.05, 0.1) is 21.4 Å². The molecule has 150 valence electrons. The highest BCUT2D eigenvalue weighted by molar-refractivity contribution is 8.26. The fourth-order valence-corrected chi connectivity index (χ4v) is 4.33. The van der Waals surface area contributed by atoms with Crippen LogP contribution in [0.15, 0.2) is 39.7 Å². The number of furan rings is 1.